The highest BCUT2D eigenvalue weighted by Gasteiger charge is 2.32. The molecule has 1 heterocycles. The minimum absolute atomic E-state index is 0.177. The number of carboxylic acid groups (broad SMARTS) is 1. The Hall–Kier alpha value is -1.92. The van der Waals surface area contributed by atoms with Crippen LogP contribution in [0.4, 0.5) is 5.69 Å². The van der Waals surface area contributed by atoms with E-state index in [2.05, 4.69) is 5.10 Å². The Morgan fingerprint density at radius 1 is 1.53 bits per heavy atom. The number of aromatic nitrogens is 2. The maximum atomic E-state index is 10.9. The molecule has 0 aromatic carbocycles. The van der Waals surface area contributed by atoms with Crippen molar-refractivity contribution in [2.75, 3.05) is 0 Å². The van der Waals surface area contributed by atoms with E-state index in [4.69, 9.17) is 5.11 Å². The molecule has 0 saturated carbocycles. The van der Waals surface area contributed by atoms with Crippen molar-refractivity contribution in [1.29, 1.82) is 0 Å². The fourth-order valence-electron chi connectivity index (χ4n) is 1.01. The normalized spacial score (nSPS) is 10.4. The zero-order chi connectivity index (χ0) is 13.8. The lowest BCUT2D eigenvalue weighted by Gasteiger charge is -2.18. The molecule has 1 aromatic rings. The maximum absolute atomic E-state index is 10.9. The van der Waals surface area contributed by atoms with Crippen molar-refractivity contribution in [2.45, 2.75) is 40.2 Å². The first-order chi connectivity index (χ1) is 7.76. The van der Waals surface area contributed by atoms with Crippen LogP contribution < -0.4 is 0 Å². The smallest absolute Gasteiger partial charge is 0.331 e. The molecule has 17 heavy (non-hydrogen) atoms. The molecule has 7 heteroatoms. The summed E-state index contributed by atoms with van der Waals surface area (Å²) in [6.07, 6.45) is 1.13. The summed E-state index contributed by atoms with van der Waals surface area (Å²) in [5, 5.41) is 23.3. The van der Waals surface area contributed by atoms with E-state index in [1.165, 1.54) is 20.8 Å². The molecule has 0 bridgehead atoms. The molecule has 1 N–H and O–H groups in total. The number of nitrogens with zero attached hydrogens (tertiary/aromatic N) is 3. The van der Waals surface area contributed by atoms with Crippen LogP contribution in [0.3, 0.4) is 0 Å². The summed E-state index contributed by atoms with van der Waals surface area (Å²) in [6.45, 7) is 8.31. The number of aryl methyl sites for hydroxylation is 1. The minimum atomic E-state index is -1.29. The van der Waals surface area contributed by atoms with Crippen LogP contribution >= 0.6 is 0 Å². The molecule has 0 fully saturated rings. The van der Waals surface area contributed by atoms with Crippen LogP contribution in [-0.2, 0) is 10.3 Å². The molecule has 1 rings (SSSR count). The molecule has 0 atom stereocenters. The van der Waals surface area contributed by atoms with Crippen molar-refractivity contribution < 1.29 is 14.8 Å². The lowest BCUT2D eigenvalue weighted by Crippen LogP contribution is -2.36. The minimum Gasteiger partial charge on any atom is -0.479 e. The van der Waals surface area contributed by atoms with Crippen LogP contribution in [0.15, 0.2) is 6.20 Å². The number of hydrogen-bond acceptors (Lipinski definition) is 4. The van der Waals surface area contributed by atoms with Gasteiger partial charge < -0.3 is 5.11 Å². The summed E-state index contributed by atoms with van der Waals surface area (Å²) in [5.41, 5.74) is -1.27. The van der Waals surface area contributed by atoms with Gasteiger partial charge in [-0.2, -0.15) is 5.10 Å². The van der Waals surface area contributed by atoms with E-state index in [0.717, 1.165) is 10.9 Å². The van der Waals surface area contributed by atoms with E-state index in [0.29, 0.717) is 0 Å². The zero-order valence-corrected chi connectivity index (χ0v) is 10.6. The number of hydrogen-bond donors (Lipinski definition) is 1. The highest BCUT2D eigenvalue weighted by molar-refractivity contribution is 5.75. The Balaban J connectivity index is 0.00000121. The van der Waals surface area contributed by atoms with E-state index >= 15 is 0 Å². The number of carboxylic acids is 1. The molecule has 0 unspecified atom stereocenters. The fraction of sp³-hybridized carbons (Fsp3) is 0.600. The number of carbonyl (C=O) groups is 1. The van der Waals surface area contributed by atoms with Crippen molar-refractivity contribution in [1.82, 2.24) is 9.78 Å². The second-order valence-electron chi connectivity index (χ2n) is 3.67. The van der Waals surface area contributed by atoms with Gasteiger partial charge in [0.1, 0.15) is 11.9 Å². The summed E-state index contributed by atoms with van der Waals surface area (Å²) in [5.74, 6) is -1.10. The Labute approximate surface area is 99.2 Å². The molecule has 0 aliphatic rings. The van der Waals surface area contributed by atoms with E-state index < -0.39 is 16.4 Å². The molecule has 96 valence electrons. The number of aliphatic carboxylic acids is 1. The quantitative estimate of drug-likeness (QED) is 0.646. The molecule has 0 saturated heterocycles. The van der Waals surface area contributed by atoms with E-state index in [1.54, 1.807) is 0 Å². The second kappa shape index (κ2) is 5.42. The van der Waals surface area contributed by atoms with Crippen molar-refractivity contribution in [3.05, 3.63) is 22.0 Å². The first-order valence-electron chi connectivity index (χ1n) is 5.21. The third-order valence-corrected chi connectivity index (χ3v) is 2.17. The van der Waals surface area contributed by atoms with Gasteiger partial charge in [0.15, 0.2) is 5.54 Å². The van der Waals surface area contributed by atoms with Gasteiger partial charge in [-0.3, -0.25) is 10.1 Å². The summed E-state index contributed by atoms with van der Waals surface area (Å²) in [4.78, 5) is 20.8. The van der Waals surface area contributed by atoms with Gasteiger partial charge in [-0.15, -0.1) is 0 Å². The molecular weight excluding hydrogens is 226 g/mol. The van der Waals surface area contributed by atoms with Crippen molar-refractivity contribution in [2.24, 2.45) is 0 Å². The topological polar surface area (TPSA) is 98.3 Å². The average Bonchev–Trinajstić information content (AvgIpc) is 2.63. The Morgan fingerprint density at radius 2 is 2.00 bits per heavy atom. The Morgan fingerprint density at radius 3 is 2.29 bits per heavy atom. The molecule has 0 radical (unpaired) electrons. The number of nitro groups is 1. The van der Waals surface area contributed by atoms with E-state index in [1.807, 2.05) is 13.8 Å². The monoisotopic (exact) mass is 243 g/mol. The SMILES string of the molecule is CC.Cc1nn(C(C)(C)C(=O)O)cc1[N+](=O)[O-]. The lowest BCUT2D eigenvalue weighted by atomic mass is 10.1. The van der Waals surface area contributed by atoms with Crippen molar-refractivity contribution >= 4 is 11.7 Å². The van der Waals surface area contributed by atoms with Crippen LogP contribution in [0.25, 0.3) is 0 Å². The van der Waals surface area contributed by atoms with Crippen LogP contribution in [0, 0.1) is 17.0 Å². The van der Waals surface area contributed by atoms with Gasteiger partial charge in [0, 0.05) is 0 Å². The van der Waals surface area contributed by atoms with Gasteiger partial charge >= 0.3 is 11.7 Å². The highest BCUT2D eigenvalue weighted by atomic mass is 16.6. The summed E-state index contributed by atoms with van der Waals surface area (Å²) in [6, 6.07) is 0. The summed E-state index contributed by atoms with van der Waals surface area (Å²) < 4.78 is 1.09. The molecule has 0 aliphatic heterocycles. The molecule has 1 aromatic heterocycles. The van der Waals surface area contributed by atoms with Gasteiger partial charge in [0.25, 0.3) is 0 Å². The first-order valence-corrected chi connectivity index (χ1v) is 5.21. The molecule has 0 spiro atoms. The van der Waals surface area contributed by atoms with Crippen LogP contribution in [-0.4, -0.2) is 25.8 Å². The largest absolute Gasteiger partial charge is 0.479 e. The van der Waals surface area contributed by atoms with Crippen molar-refractivity contribution in [3.8, 4) is 0 Å². The predicted molar refractivity (Wildman–Crippen MR) is 61.9 cm³/mol. The predicted octanol–water partition coefficient (Wildman–Crippen LogP) is 1.95. The van der Waals surface area contributed by atoms with Crippen molar-refractivity contribution in [3.63, 3.8) is 0 Å². The van der Waals surface area contributed by atoms with Gasteiger partial charge in [-0.05, 0) is 20.8 Å². The van der Waals surface area contributed by atoms with E-state index in [-0.39, 0.29) is 11.4 Å². The second-order valence-corrected chi connectivity index (χ2v) is 3.67. The van der Waals surface area contributed by atoms with Crippen LogP contribution in [0.5, 0.6) is 0 Å². The lowest BCUT2D eigenvalue weighted by molar-refractivity contribution is -0.385. The highest BCUT2D eigenvalue weighted by Crippen LogP contribution is 2.21. The molecule has 0 aliphatic carbocycles. The fourth-order valence-corrected chi connectivity index (χ4v) is 1.01. The third kappa shape index (κ3) is 3.02. The van der Waals surface area contributed by atoms with E-state index in [9.17, 15) is 14.9 Å². The summed E-state index contributed by atoms with van der Waals surface area (Å²) in [7, 11) is 0. The first kappa shape index (κ1) is 15.1. The molecule has 0 amide bonds. The maximum Gasteiger partial charge on any atom is 0.331 e. The Kier molecular flexibility index (Phi) is 4.81. The standard InChI is InChI=1S/C8H11N3O4.C2H6/c1-5-6(11(14)15)4-10(9-5)8(2,3)7(12)13;1-2/h4H,1-3H3,(H,12,13);1-2H3. The third-order valence-electron chi connectivity index (χ3n) is 2.17. The van der Waals surface area contributed by atoms with Crippen LogP contribution in [0.1, 0.15) is 33.4 Å². The van der Waals surface area contributed by atoms with Gasteiger partial charge in [-0.25, -0.2) is 9.48 Å². The van der Waals surface area contributed by atoms with Gasteiger partial charge in [0.2, 0.25) is 0 Å². The van der Waals surface area contributed by atoms with Gasteiger partial charge in [0.05, 0.1) is 4.92 Å². The van der Waals surface area contributed by atoms with Crippen LogP contribution in [0.2, 0.25) is 0 Å². The molecule has 7 nitrogen and oxygen atoms in total. The molecular formula is C10H17N3O4. The summed E-state index contributed by atoms with van der Waals surface area (Å²) >= 11 is 0. The number of rotatable bonds is 3. The Bertz CT molecular complexity index is 423. The average molecular weight is 243 g/mol. The zero-order valence-electron chi connectivity index (χ0n) is 10.6. The van der Waals surface area contributed by atoms with Gasteiger partial charge in [-0.1, -0.05) is 13.8 Å².